The van der Waals surface area contributed by atoms with Gasteiger partial charge >= 0.3 is 12.4 Å². The molecule has 108 valence electrons. The minimum absolute atomic E-state index is 0.0401. The SMILES string of the molecule is Nc1cc(COC(C(F)(F)F)C(F)(F)F)ccc1Cl. The predicted octanol–water partition coefficient (Wildman–Crippen LogP) is 3.93. The normalized spacial score (nSPS) is 13.1. The predicted molar refractivity (Wildman–Crippen MR) is 56.6 cm³/mol. The Kier molecular flexibility index (Phi) is 4.57. The van der Waals surface area contributed by atoms with E-state index < -0.39 is 25.1 Å². The first-order chi connectivity index (χ1) is 8.51. The molecule has 19 heavy (non-hydrogen) atoms. The zero-order chi connectivity index (χ0) is 14.8. The Balaban J connectivity index is 2.80. The van der Waals surface area contributed by atoms with Crippen LogP contribution in [0.2, 0.25) is 5.02 Å². The Morgan fingerprint density at radius 2 is 1.63 bits per heavy atom. The number of benzene rings is 1. The largest absolute Gasteiger partial charge is 0.423 e. The lowest BCUT2D eigenvalue weighted by Gasteiger charge is -2.23. The fraction of sp³-hybridized carbons (Fsp3) is 0.400. The molecule has 0 aliphatic heterocycles. The highest BCUT2D eigenvalue weighted by molar-refractivity contribution is 6.33. The summed E-state index contributed by atoms with van der Waals surface area (Å²) in [6.45, 7) is -0.884. The molecule has 0 amide bonds. The molecule has 0 aliphatic rings. The number of nitrogen functional groups attached to an aromatic ring is 1. The smallest absolute Gasteiger partial charge is 0.398 e. The van der Waals surface area contributed by atoms with Gasteiger partial charge in [-0.05, 0) is 17.7 Å². The van der Waals surface area contributed by atoms with E-state index in [1.54, 1.807) is 0 Å². The van der Waals surface area contributed by atoms with Gasteiger partial charge in [0.1, 0.15) is 0 Å². The average molecular weight is 308 g/mol. The quantitative estimate of drug-likeness (QED) is 0.678. The van der Waals surface area contributed by atoms with Crippen LogP contribution in [0.5, 0.6) is 0 Å². The third-order valence-corrected chi connectivity index (χ3v) is 2.42. The molecule has 0 saturated heterocycles. The Labute approximate surface area is 109 Å². The highest BCUT2D eigenvalue weighted by Crippen LogP contribution is 2.36. The highest BCUT2D eigenvalue weighted by Gasteiger charge is 2.57. The van der Waals surface area contributed by atoms with E-state index in [4.69, 9.17) is 17.3 Å². The summed E-state index contributed by atoms with van der Waals surface area (Å²) in [5, 5.41) is 0.145. The molecule has 0 atom stereocenters. The number of hydrogen-bond donors (Lipinski definition) is 1. The molecule has 0 radical (unpaired) electrons. The van der Waals surface area contributed by atoms with Crippen molar-refractivity contribution >= 4 is 17.3 Å². The van der Waals surface area contributed by atoms with Gasteiger partial charge in [0, 0.05) is 0 Å². The fourth-order valence-electron chi connectivity index (χ4n) is 1.24. The van der Waals surface area contributed by atoms with E-state index in [9.17, 15) is 26.3 Å². The second-order valence-corrected chi connectivity index (χ2v) is 4.04. The lowest BCUT2D eigenvalue weighted by Crippen LogP contribution is -2.44. The van der Waals surface area contributed by atoms with Crippen molar-refractivity contribution < 1.29 is 31.1 Å². The van der Waals surface area contributed by atoms with Crippen LogP contribution in [-0.4, -0.2) is 18.5 Å². The van der Waals surface area contributed by atoms with Crippen molar-refractivity contribution in [3.63, 3.8) is 0 Å². The molecule has 1 rings (SSSR count). The molecule has 2 nitrogen and oxygen atoms in total. The lowest BCUT2D eigenvalue weighted by atomic mass is 10.2. The molecule has 0 saturated carbocycles. The lowest BCUT2D eigenvalue weighted by molar-refractivity contribution is -0.324. The number of nitrogens with two attached hydrogens (primary N) is 1. The van der Waals surface area contributed by atoms with E-state index >= 15 is 0 Å². The summed E-state index contributed by atoms with van der Waals surface area (Å²) in [6.07, 6.45) is -14.9. The van der Waals surface area contributed by atoms with Crippen LogP contribution < -0.4 is 5.73 Å². The van der Waals surface area contributed by atoms with Crippen LogP contribution in [0.15, 0.2) is 18.2 Å². The third kappa shape index (κ3) is 4.46. The van der Waals surface area contributed by atoms with Crippen LogP contribution in [-0.2, 0) is 11.3 Å². The van der Waals surface area contributed by atoms with Gasteiger partial charge in [-0.15, -0.1) is 0 Å². The van der Waals surface area contributed by atoms with Crippen LogP contribution in [0.25, 0.3) is 0 Å². The van der Waals surface area contributed by atoms with Gasteiger partial charge in [0.05, 0.1) is 17.3 Å². The van der Waals surface area contributed by atoms with Gasteiger partial charge in [-0.3, -0.25) is 0 Å². The Morgan fingerprint density at radius 1 is 1.11 bits per heavy atom. The first kappa shape index (κ1) is 15.9. The number of hydrogen-bond acceptors (Lipinski definition) is 2. The van der Waals surface area contributed by atoms with E-state index in [0.717, 1.165) is 6.07 Å². The molecule has 0 unspecified atom stereocenters. The van der Waals surface area contributed by atoms with Crippen molar-refractivity contribution in [2.75, 3.05) is 5.73 Å². The Hall–Kier alpha value is -1.15. The van der Waals surface area contributed by atoms with Crippen LogP contribution in [0, 0.1) is 0 Å². The summed E-state index contributed by atoms with van der Waals surface area (Å²) in [5.41, 5.74) is 5.46. The average Bonchev–Trinajstić information content (AvgIpc) is 2.19. The van der Waals surface area contributed by atoms with E-state index in [1.165, 1.54) is 12.1 Å². The molecule has 9 heteroatoms. The van der Waals surface area contributed by atoms with E-state index in [0.29, 0.717) is 0 Å². The van der Waals surface area contributed by atoms with Crippen LogP contribution in [0.4, 0.5) is 32.0 Å². The molecule has 1 aromatic rings. The topological polar surface area (TPSA) is 35.2 Å². The molecular weight excluding hydrogens is 300 g/mol. The van der Waals surface area contributed by atoms with E-state index in [-0.39, 0.29) is 16.3 Å². The highest BCUT2D eigenvalue weighted by atomic mass is 35.5. The van der Waals surface area contributed by atoms with Gasteiger partial charge in [-0.2, -0.15) is 26.3 Å². The van der Waals surface area contributed by atoms with Crippen molar-refractivity contribution in [3.8, 4) is 0 Å². The molecule has 0 spiro atoms. The molecule has 0 bridgehead atoms. The summed E-state index contributed by atoms with van der Waals surface area (Å²) in [7, 11) is 0. The number of anilines is 1. The minimum atomic E-state index is -5.53. The Bertz CT molecular complexity index is 431. The van der Waals surface area contributed by atoms with Crippen LogP contribution in [0.3, 0.4) is 0 Å². The number of rotatable bonds is 3. The van der Waals surface area contributed by atoms with Crippen LogP contribution in [0.1, 0.15) is 5.56 Å². The van der Waals surface area contributed by atoms with Crippen molar-refractivity contribution in [1.29, 1.82) is 0 Å². The molecule has 0 fully saturated rings. The summed E-state index contributed by atoms with van der Waals surface area (Å²) in [5.74, 6) is 0. The van der Waals surface area contributed by atoms with Gasteiger partial charge in [0.2, 0.25) is 6.10 Å². The van der Waals surface area contributed by atoms with Crippen molar-refractivity contribution in [2.24, 2.45) is 0 Å². The van der Waals surface area contributed by atoms with E-state index in [2.05, 4.69) is 4.74 Å². The first-order valence-electron chi connectivity index (χ1n) is 4.80. The number of alkyl halides is 6. The number of halogens is 7. The maximum Gasteiger partial charge on any atom is 0.423 e. The summed E-state index contributed by atoms with van der Waals surface area (Å²) < 4.78 is 76.9. The second-order valence-electron chi connectivity index (χ2n) is 3.63. The second kappa shape index (κ2) is 5.46. The fourth-order valence-corrected chi connectivity index (χ4v) is 1.35. The molecule has 1 aromatic carbocycles. The summed E-state index contributed by atoms with van der Waals surface area (Å²) >= 11 is 5.56. The van der Waals surface area contributed by atoms with Gasteiger partial charge in [-0.25, -0.2) is 0 Å². The zero-order valence-corrected chi connectivity index (χ0v) is 9.90. The zero-order valence-electron chi connectivity index (χ0n) is 9.15. The van der Waals surface area contributed by atoms with Gasteiger partial charge in [0.15, 0.2) is 0 Å². The standard InChI is InChI=1S/C10H8ClF6NO/c11-6-2-1-5(3-7(6)18)4-19-8(9(12,13)14)10(15,16)17/h1-3,8H,4,18H2. The summed E-state index contributed by atoms with van der Waals surface area (Å²) in [4.78, 5) is 0. The van der Waals surface area contributed by atoms with Gasteiger partial charge in [0.25, 0.3) is 0 Å². The Morgan fingerprint density at radius 3 is 2.05 bits per heavy atom. The van der Waals surface area contributed by atoms with Crippen LogP contribution >= 0.6 is 11.6 Å². The van der Waals surface area contributed by atoms with Crippen molar-refractivity contribution in [1.82, 2.24) is 0 Å². The van der Waals surface area contributed by atoms with Crippen molar-refractivity contribution in [2.45, 2.75) is 25.1 Å². The minimum Gasteiger partial charge on any atom is -0.398 e. The monoisotopic (exact) mass is 307 g/mol. The maximum atomic E-state index is 12.2. The molecule has 2 N–H and O–H groups in total. The molecule has 0 aromatic heterocycles. The molecular formula is C10H8ClF6NO. The number of ether oxygens (including phenoxy) is 1. The maximum absolute atomic E-state index is 12.2. The van der Waals surface area contributed by atoms with E-state index in [1.807, 2.05) is 0 Å². The third-order valence-electron chi connectivity index (χ3n) is 2.07. The molecule has 0 heterocycles. The first-order valence-corrected chi connectivity index (χ1v) is 5.18. The molecule has 0 aliphatic carbocycles. The van der Waals surface area contributed by atoms with Gasteiger partial charge in [-0.1, -0.05) is 17.7 Å². The van der Waals surface area contributed by atoms with Gasteiger partial charge < -0.3 is 10.5 Å². The van der Waals surface area contributed by atoms with Crippen molar-refractivity contribution in [3.05, 3.63) is 28.8 Å². The summed E-state index contributed by atoms with van der Waals surface area (Å²) in [6, 6.07) is 3.63.